The van der Waals surface area contributed by atoms with Crippen LogP contribution in [-0.4, -0.2) is 48.6 Å². The molecule has 28 heavy (non-hydrogen) atoms. The number of aliphatic imine (C=N–C) groups is 1. The highest BCUT2D eigenvalue weighted by atomic mass is 32.1. The molecule has 5 nitrogen and oxygen atoms in total. The monoisotopic (exact) mass is 411 g/mol. The van der Waals surface area contributed by atoms with Crippen molar-refractivity contribution in [3.63, 3.8) is 0 Å². The molecule has 0 unspecified atom stereocenters. The maximum Gasteiger partial charge on any atom is 0.416 e. The zero-order chi connectivity index (χ0) is 20.4. The molecule has 1 fully saturated rings. The number of rotatable bonds is 4. The second-order valence-electron chi connectivity index (χ2n) is 7.43. The molecule has 0 atom stereocenters. The summed E-state index contributed by atoms with van der Waals surface area (Å²) in [6.45, 7) is 7.14. The number of benzene rings is 1. The Morgan fingerprint density at radius 2 is 1.86 bits per heavy atom. The number of nitrogens with zero attached hydrogens (tertiary/aromatic N) is 4. The van der Waals surface area contributed by atoms with Gasteiger partial charge in [-0.3, -0.25) is 4.99 Å². The van der Waals surface area contributed by atoms with Crippen molar-refractivity contribution in [1.29, 1.82) is 0 Å². The first-order chi connectivity index (χ1) is 13.2. The smallest absolute Gasteiger partial charge is 0.370 e. The molecular weight excluding hydrogens is 387 g/mol. The van der Waals surface area contributed by atoms with Gasteiger partial charge in [-0.15, -0.1) is 11.3 Å². The first-order valence-corrected chi connectivity index (χ1v) is 9.92. The lowest BCUT2D eigenvalue weighted by molar-refractivity contribution is -0.137. The Morgan fingerprint density at radius 3 is 2.46 bits per heavy atom. The van der Waals surface area contributed by atoms with E-state index in [0.717, 1.165) is 37.4 Å². The van der Waals surface area contributed by atoms with E-state index in [1.54, 1.807) is 23.6 Å². The quantitative estimate of drug-likeness (QED) is 0.617. The summed E-state index contributed by atoms with van der Waals surface area (Å²) in [5, 5.41) is 2.95. The molecule has 0 radical (unpaired) electrons. The molecule has 1 aliphatic heterocycles. The number of halogens is 3. The molecule has 2 aromatic rings. The van der Waals surface area contributed by atoms with Crippen molar-refractivity contribution in [3.05, 3.63) is 47.0 Å². The highest BCUT2D eigenvalue weighted by Crippen LogP contribution is 2.33. The molecule has 1 aliphatic rings. The number of aromatic nitrogens is 1. The number of hydrogen-bond donors (Lipinski definition) is 1. The summed E-state index contributed by atoms with van der Waals surface area (Å²) < 4.78 is 39.0. The van der Waals surface area contributed by atoms with E-state index >= 15 is 0 Å². The first kappa shape index (κ1) is 20.4. The fourth-order valence-electron chi connectivity index (χ4n) is 3.09. The zero-order valence-corrected chi connectivity index (χ0v) is 16.7. The normalized spacial score (nSPS) is 16.5. The van der Waals surface area contributed by atoms with Gasteiger partial charge in [0.25, 0.3) is 0 Å². The van der Waals surface area contributed by atoms with Crippen molar-refractivity contribution in [3.8, 4) is 0 Å². The van der Waals surface area contributed by atoms with Crippen LogP contribution in [0.2, 0.25) is 0 Å². The summed E-state index contributed by atoms with van der Waals surface area (Å²) >= 11 is 1.61. The van der Waals surface area contributed by atoms with Gasteiger partial charge >= 0.3 is 6.18 Å². The molecule has 1 aromatic carbocycles. The Balaban J connectivity index is 1.62. The molecule has 0 saturated carbocycles. The summed E-state index contributed by atoms with van der Waals surface area (Å²) in [5.41, 5.74) is 5.55. The minimum atomic E-state index is -4.36. The first-order valence-electron chi connectivity index (χ1n) is 9.04. The van der Waals surface area contributed by atoms with Gasteiger partial charge in [0.05, 0.1) is 12.1 Å². The van der Waals surface area contributed by atoms with Gasteiger partial charge < -0.3 is 15.5 Å². The summed E-state index contributed by atoms with van der Waals surface area (Å²) in [4.78, 5) is 13.0. The molecular formula is C19H24F3N5S. The molecule has 9 heteroatoms. The van der Waals surface area contributed by atoms with E-state index in [2.05, 4.69) is 14.9 Å². The highest BCUT2D eigenvalue weighted by molar-refractivity contribution is 7.13. The Kier molecular flexibility index (Phi) is 5.83. The van der Waals surface area contributed by atoms with Crippen LogP contribution in [-0.2, 0) is 11.6 Å². The molecule has 1 aromatic heterocycles. The molecule has 0 spiro atoms. The van der Waals surface area contributed by atoms with Gasteiger partial charge in [0.2, 0.25) is 0 Å². The number of alkyl halides is 3. The lowest BCUT2D eigenvalue weighted by atomic mass is 9.84. The average Bonchev–Trinajstić information content (AvgIpc) is 3.20. The Morgan fingerprint density at radius 1 is 1.18 bits per heavy atom. The van der Waals surface area contributed by atoms with Crippen LogP contribution in [0.15, 0.2) is 40.8 Å². The molecule has 2 N–H and O–H groups in total. The van der Waals surface area contributed by atoms with Crippen molar-refractivity contribution in [2.24, 2.45) is 10.7 Å². The standard InChI is InChI=1S/C19H24F3N5S/c1-18(2,14-4-3-5-15(12-14)19(20,21)22)13-25-16(23)26-7-9-27(10-8-26)17-24-6-11-28-17/h3-6,11-12H,7-10,13H2,1-2H3,(H2,23,25). The predicted octanol–water partition coefficient (Wildman–Crippen LogP) is 3.58. The molecule has 3 rings (SSSR count). The van der Waals surface area contributed by atoms with Crippen LogP contribution in [0.3, 0.4) is 0 Å². The van der Waals surface area contributed by atoms with Gasteiger partial charge in [0.1, 0.15) is 0 Å². The Bertz CT molecular complexity index is 809. The number of guanidine groups is 1. The molecule has 0 aliphatic carbocycles. The number of thiazole rings is 1. The van der Waals surface area contributed by atoms with Gasteiger partial charge in [0.15, 0.2) is 11.1 Å². The van der Waals surface area contributed by atoms with Crippen molar-refractivity contribution in [2.45, 2.75) is 25.4 Å². The number of piperazine rings is 1. The van der Waals surface area contributed by atoms with E-state index in [-0.39, 0.29) is 0 Å². The van der Waals surface area contributed by atoms with Crippen LogP contribution in [0.4, 0.5) is 18.3 Å². The maximum atomic E-state index is 13.0. The van der Waals surface area contributed by atoms with Crippen molar-refractivity contribution < 1.29 is 13.2 Å². The summed E-state index contributed by atoms with van der Waals surface area (Å²) in [6, 6.07) is 5.41. The van der Waals surface area contributed by atoms with Crippen molar-refractivity contribution in [2.75, 3.05) is 37.6 Å². The van der Waals surface area contributed by atoms with Gasteiger partial charge in [-0.2, -0.15) is 13.2 Å². The van der Waals surface area contributed by atoms with Crippen LogP contribution >= 0.6 is 11.3 Å². The van der Waals surface area contributed by atoms with Crippen molar-refractivity contribution in [1.82, 2.24) is 9.88 Å². The third kappa shape index (κ3) is 4.76. The number of nitrogens with two attached hydrogens (primary N) is 1. The van der Waals surface area contributed by atoms with Gasteiger partial charge in [-0.1, -0.05) is 32.0 Å². The number of hydrogen-bond acceptors (Lipinski definition) is 4. The second kappa shape index (κ2) is 7.98. The third-order valence-corrected chi connectivity index (χ3v) is 5.73. The highest BCUT2D eigenvalue weighted by Gasteiger charge is 2.32. The van der Waals surface area contributed by atoms with Crippen molar-refractivity contribution >= 4 is 22.4 Å². The fraction of sp³-hybridized carbons (Fsp3) is 0.474. The lowest BCUT2D eigenvalue weighted by Crippen LogP contribution is -2.51. The van der Waals surface area contributed by atoms with Crippen LogP contribution in [0, 0.1) is 0 Å². The topological polar surface area (TPSA) is 57.8 Å². The van der Waals surface area contributed by atoms with Gasteiger partial charge in [0, 0.05) is 43.2 Å². The summed E-state index contributed by atoms with van der Waals surface area (Å²) in [7, 11) is 0. The van der Waals surface area contributed by atoms with Crippen LogP contribution in [0.25, 0.3) is 0 Å². The molecule has 152 valence electrons. The van der Waals surface area contributed by atoms with Crippen LogP contribution in [0.1, 0.15) is 25.0 Å². The Labute approximate surface area is 166 Å². The largest absolute Gasteiger partial charge is 0.416 e. The van der Waals surface area contributed by atoms with Crippen LogP contribution in [0.5, 0.6) is 0 Å². The van der Waals surface area contributed by atoms with Gasteiger partial charge in [-0.05, 0) is 11.6 Å². The van der Waals surface area contributed by atoms with E-state index in [1.165, 1.54) is 12.1 Å². The minimum Gasteiger partial charge on any atom is -0.370 e. The minimum absolute atomic E-state index is 0.312. The molecule has 0 bridgehead atoms. The summed E-state index contributed by atoms with van der Waals surface area (Å²) in [5.74, 6) is 0.429. The maximum absolute atomic E-state index is 13.0. The third-order valence-electron chi connectivity index (χ3n) is 4.90. The summed E-state index contributed by atoms with van der Waals surface area (Å²) in [6.07, 6.45) is -2.57. The predicted molar refractivity (Wildman–Crippen MR) is 107 cm³/mol. The zero-order valence-electron chi connectivity index (χ0n) is 15.9. The van der Waals surface area contributed by atoms with E-state index < -0.39 is 17.2 Å². The SMILES string of the molecule is CC(C)(CN=C(N)N1CCN(c2nccs2)CC1)c1cccc(C(F)(F)F)c1. The van der Waals surface area contributed by atoms with E-state index in [9.17, 15) is 13.2 Å². The average molecular weight is 411 g/mol. The Hall–Kier alpha value is -2.29. The molecule has 0 amide bonds. The van der Waals surface area contributed by atoms with Crippen LogP contribution < -0.4 is 10.6 Å². The van der Waals surface area contributed by atoms with E-state index in [0.29, 0.717) is 18.1 Å². The number of anilines is 1. The lowest BCUT2D eigenvalue weighted by Gasteiger charge is -2.35. The van der Waals surface area contributed by atoms with E-state index in [4.69, 9.17) is 5.73 Å². The fourth-order valence-corrected chi connectivity index (χ4v) is 3.78. The second-order valence-corrected chi connectivity index (χ2v) is 8.30. The molecule has 1 saturated heterocycles. The van der Waals surface area contributed by atoms with Gasteiger partial charge in [-0.25, -0.2) is 4.98 Å². The molecule has 2 heterocycles. The van der Waals surface area contributed by atoms with E-state index in [1.807, 2.05) is 24.1 Å².